The van der Waals surface area contributed by atoms with Crippen LogP contribution in [0.5, 0.6) is 0 Å². The molecule has 5 nitrogen and oxygen atoms in total. The molecule has 80 valence electrons. The number of hydrogen-bond acceptors (Lipinski definition) is 4. The molecule has 0 saturated heterocycles. The third kappa shape index (κ3) is 1.49. The van der Waals surface area contributed by atoms with Gasteiger partial charge in [-0.25, -0.2) is 20.2 Å². The van der Waals surface area contributed by atoms with Crippen molar-refractivity contribution in [2.45, 2.75) is 0 Å². The predicted molar refractivity (Wildman–Crippen MR) is 62.9 cm³/mol. The molecule has 3 rings (SSSR count). The Morgan fingerprint density at radius 2 is 2.19 bits per heavy atom. The molecule has 2 aromatic rings. The van der Waals surface area contributed by atoms with Gasteiger partial charge in [0.2, 0.25) is 5.13 Å². The fraction of sp³-hybridized carbons (Fsp3) is 0. The highest BCUT2D eigenvalue weighted by molar-refractivity contribution is 7.22. The summed E-state index contributed by atoms with van der Waals surface area (Å²) in [5.74, 6) is 0. The van der Waals surface area contributed by atoms with Crippen LogP contribution in [0.15, 0.2) is 36.7 Å². The molecule has 16 heavy (non-hydrogen) atoms. The standard InChI is InChI=1S/C10H8N4OS/c15-9-11-5-6-14(13-9)10-12-7-3-1-2-4-8(7)16-10/h1-6H,(H2,11,13,15). The predicted octanol–water partition coefficient (Wildman–Crippen LogP) is 1.80. The van der Waals surface area contributed by atoms with E-state index in [4.69, 9.17) is 0 Å². The molecule has 0 radical (unpaired) electrons. The zero-order valence-electron chi connectivity index (χ0n) is 8.18. The number of carbonyl (C=O) groups is 1. The number of urea groups is 1. The molecule has 0 spiro atoms. The number of fused-ring (bicyclic) bond motifs is 1. The van der Waals surface area contributed by atoms with Crippen LogP contribution in [-0.2, 0) is 0 Å². The van der Waals surface area contributed by atoms with Gasteiger partial charge in [-0.2, -0.15) is 0 Å². The lowest BCUT2D eigenvalue weighted by molar-refractivity contribution is 0.243. The number of rotatable bonds is 1. The Balaban J connectivity index is 2.02. The fourth-order valence-corrected chi connectivity index (χ4v) is 2.35. The normalized spacial score (nSPS) is 15.0. The van der Waals surface area contributed by atoms with E-state index < -0.39 is 0 Å². The van der Waals surface area contributed by atoms with Gasteiger partial charge in [0.1, 0.15) is 0 Å². The average molecular weight is 232 g/mol. The van der Waals surface area contributed by atoms with Crippen LogP contribution in [0.2, 0.25) is 0 Å². The zero-order valence-corrected chi connectivity index (χ0v) is 8.99. The number of anilines is 1. The number of amides is 2. The van der Waals surface area contributed by atoms with E-state index in [2.05, 4.69) is 15.7 Å². The van der Waals surface area contributed by atoms with Gasteiger partial charge in [0, 0.05) is 12.4 Å². The number of nitrogens with zero attached hydrogens (tertiary/aromatic N) is 2. The van der Waals surface area contributed by atoms with Gasteiger partial charge in [-0.05, 0) is 12.1 Å². The van der Waals surface area contributed by atoms with Gasteiger partial charge >= 0.3 is 6.03 Å². The van der Waals surface area contributed by atoms with Crippen molar-refractivity contribution in [3.63, 3.8) is 0 Å². The maximum absolute atomic E-state index is 11.1. The van der Waals surface area contributed by atoms with Crippen molar-refractivity contribution >= 4 is 32.7 Å². The molecular weight excluding hydrogens is 224 g/mol. The highest BCUT2D eigenvalue weighted by Gasteiger charge is 2.14. The van der Waals surface area contributed by atoms with Crippen LogP contribution in [-0.4, -0.2) is 11.0 Å². The Labute approximate surface area is 95.4 Å². The largest absolute Gasteiger partial charge is 0.337 e. The SMILES string of the molecule is O=C1NC=CN(c2nc3ccccc3s2)N1. The molecule has 0 aliphatic carbocycles. The molecule has 0 bridgehead atoms. The smallest absolute Gasteiger partial charge is 0.312 e. The van der Waals surface area contributed by atoms with Crippen molar-refractivity contribution < 1.29 is 4.79 Å². The Morgan fingerprint density at radius 1 is 1.31 bits per heavy atom. The van der Waals surface area contributed by atoms with Gasteiger partial charge in [0.15, 0.2) is 0 Å². The second-order valence-electron chi connectivity index (χ2n) is 3.24. The summed E-state index contributed by atoms with van der Waals surface area (Å²) in [6, 6.07) is 7.60. The lowest BCUT2D eigenvalue weighted by Gasteiger charge is -2.21. The summed E-state index contributed by atoms with van der Waals surface area (Å²) in [6.07, 6.45) is 3.30. The van der Waals surface area contributed by atoms with Gasteiger partial charge in [-0.3, -0.25) is 0 Å². The molecule has 2 amide bonds. The number of aromatic nitrogens is 1. The molecule has 0 fully saturated rings. The highest BCUT2D eigenvalue weighted by Crippen LogP contribution is 2.27. The van der Waals surface area contributed by atoms with E-state index in [1.54, 1.807) is 17.4 Å². The van der Waals surface area contributed by atoms with Crippen LogP contribution in [0.25, 0.3) is 10.2 Å². The summed E-state index contributed by atoms with van der Waals surface area (Å²) in [5, 5.41) is 4.86. The second-order valence-corrected chi connectivity index (χ2v) is 4.24. The molecule has 0 saturated carbocycles. The summed E-state index contributed by atoms with van der Waals surface area (Å²) in [6.45, 7) is 0. The van der Waals surface area contributed by atoms with E-state index in [-0.39, 0.29) is 6.03 Å². The van der Waals surface area contributed by atoms with E-state index >= 15 is 0 Å². The molecule has 1 aromatic heterocycles. The summed E-state index contributed by atoms with van der Waals surface area (Å²) in [5.41, 5.74) is 3.57. The van der Waals surface area contributed by atoms with Gasteiger partial charge in [0.25, 0.3) is 0 Å². The molecule has 2 heterocycles. The van der Waals surface area contributed by atoms with Crippen molar-refractivity contribution in [1.82, 2.24) is 15.7 Å². The number of nitrogens with one attached hydrogen (secondary N) is 2. The zero-order chi connectivity index (χ0) is 11.0. The third-order valence-corrected chi connectivity index (χ3v) is 3.18. The lowest BCUT2D eigenvalue weighted by Crippen LogP contribution is -2.46. The number of thiazole rings is 1. The summed E-state index contributed by atoms with van der Waals surface area (Å²) < 4.78 is 1.10. The van der Waals surface area contributed by atoms with Crippen LogP contribution in [0.3, 0.4) is 0 Å². The van der Waals surface area contributed by atoms with Crippen molar-refractivity contribution in [2.24, 2.45) is 0 Å². The first-order chi connectivity index (χ1) is 7.83. The molecule has 0 atom stereocenters. The Morgan fingerprint density at radius 3 is 3.00 bits per heavy atom. The fourth-order valence-electron chi connectivity index (χ4n) is 1.44. The first-order valence-electron chi connectivity index (χ1n) is 4.71. The number of benzene rings is 1. The molecule has 0 unspecified atom stereocenters. The minimum atomic E-state index is -0.262. The highest BCUT2D eigenvalue weighted by atomic mass is 32.1. The quantitative estimate of drug-likeness (QED) is 0.788. The van der Waals surface area contributed by atoms with Gasteiger partial charge in [-0.15, -0.1) is 0 Å². The van der Waals surface area contributed by atoms with Crippen LogP contribution >= 0.6 is 11.3 Å². The second kappa shape index (κ2) is 3.49. The number of hydrogen-bond donors (Lipinski definition) is 2. The van der Waals surface area contributed by atoms with Crippen molar-refractivity contribution in [3.05, 3.63) is 36.7 Å². The van der Waals surface area contributed by atoms with Crippen LogP contribution in [0, 0.1) is 0 Å². The third-order valence-electron chi connectivity index (χ3n) is 2.15. The number of hydrazine groups is 1. The van der Waals surface area contributed by atoms with Gasteiger partial charge in [-0.1, -0.05) is 23.5 Å². The molecule has 6 heteroatoms. The first kappa shape index (κ1) is 9.17. The van der Waals surface area contributed by atoms with E-state index in [0.717, 1.165) is 15.3 Å². The Kier molecular flexibility index (Phi) is 2.00. The summed E-state index contributed by atoms with van der Waals surface area (Å²) >= 11 is 1.53. The lowest BCUT2D eigenvalue weighted by atomic mass is 10.3. The molecule has 1 aliphatic rings. The number of carbonyl (C=O) groups excluding carboxylic acids is 1. The minimum absolute atomic E-state index is 0.262. The monoisotopic (exact) mass is 232 g/mol. The topological polar surface area (TPSA) is 57.3 Å². The van der Waals surface area contributed by atoms with E-state index in [9.17, 15) is 4.79 Å². The summed E-state index contributed by atoms with van der Waals surface area (Å²) in [4.78, 5) is 15.5. The van der Waals surface area contributed by atoms with Crippen LogP contribution in [0.4, 0.5) is 9.93 Å². The Hall–Kier alpha value is -2.08. The summed E-state index contributed by atoms with van der Waals surface area (Å²) in [7, 11) is 0. The maximum atomic E-state index is 11.1. The van der Waals surface area contributed by atoms with Crippen LogP contribution in [0.1, 0.15) is 0 Å². The molecular formula is C10H8N4OS. The first-order valence-corrected chi connectivity index (χ1v) is 5.53. The minimum Gasteiger partial charge on any atom is -0.312 e. The molecule has 2 N–H and O–H groups in total. The average Bonchev–Trinajstić information content (AvgIpc) is 2.72. The van der Waals surface area contributed by atoms with Crippen LogP contribution < -0.4 is 15.8 Å². The Bertz CT molecular complexity index is 544. The maximum Gasteiger partial charge on any atom is 0.337 e. The van der Waals surface area contributed by atoms with Crippen molar-refractivity contribution in [2.75, 3.05) is 5.01 Å². The molecule has 1 aromatic carbocycles. The molecule has 1 aliphatic heterocycles. The van der Waals surface area contributed by atoms with Crippen molar-refractivity contribution in [3.8, 4) is 0 Å². The number of para-hydroxylation sites is 1. The van der Waals surface area contributed by atoms with Gasteiger partial charge < -0.3 is 5.32 Å². The van der Waals surface area contributed by atoms with E-state index in [1.807, 2.05) is 24.3 Å². The van der Waals surface area contributed by atoms with E-state index in [0.29, 0.717) is 0 Å². The van der Waals surface area contributed by atoms with Crippen molar-refractivity contribution in [1.29, 1.82) is 0 Å². The van der Waals surface area contributed by atoms with Gasteiger partial charge in [0.05, 0.1) is 10.2 Å². The van der Waals surface area contributed by atoms with E-state index in [1.165, 1.54) is 11.3 Å².